The van der Waals surface area contributed by atoms with Crippen LogP contribution in [-0.4, -0.2) is 32.1 Å². The summed E-state index contributed by atoms with van der Waals surface area (Å²) in [6.07, 6.45) is 9.30. The Kier molecular flexibility index (Phi) is 11.2. The fraction of sp³-hybridized carbons (Fsp3) is 0.462. The monoisotopic (exact) mass is 595 g/mol. The molecule has 10 heteroatoms. The molecule has 0 unspecified atom stereocenters. The van der Waals surface area contributed by atoms with Crippen LogP contribution in [0.25, 0.3) is 0 Å². The molecule has 3 N–H and O–H groups in total. The number of halogens is 1. The van der Waals surface area contributed by atoms with Crippen LogP contribution in [0.3, 0.4) is 0 Å². The van der Waals surface area contributed by atoms with Crippen molar-refractivity contribution in [3.63, 3.8) is 0 Å². The van der Waals surface area contributed by atoms with Gasteiger partial charge in [-0.3, -0.25) is 10.1 Å². The van der Waals surface area contributed by atoms with Gasteiger partial charge >= 0.3 is 0 Å². The topological polar surface area (TPSA) is 96.5 Å². The van der Waals surface area contributed by atoms with E-state index in [4.69, 9.17) is 17.0 Å². The highest BCUT2D eigenvalue weighted by atomic mass is 79.9. The number of carbonyl (C=O) groups is 1. The fourth-order valence-corrected chi connectivity index (χ4v) is 5.95. The highest BCUT2D eigenvalue weighted by Gasteiger charge is 2.22. The van der Waals surface area contributed by atoms with Crippen LogP contribution in [0.4, 0.5) is 5.69 Å². The average molecular weight is 597 g/mol. The molecule has 0 radical (unpaired) electrons. The molecule has 7 nitrogen and oxygen atoms in total. The van der Waals surface area contributed by atoms with Gasteiger partial charge in [0.25, 0.3) is 5.91 Å². The number of unbranched alkanes of at least 4 members (excludes halogenated alkanes) is 3. The van der Waals surface area contributed by atoms with Crippen LogP contribution < -0.4 is 20.1 Å². The number of amides is 1. The SMILES string of the molecule is CCCCCCOc1ccc(Br)cc1C(=O)NC(=S)Nc1ccc(S(=O)(=O)NC2CCCCC2)cc1. The quantitative estimate of drug-likeness (QED) is 0.213. The molecule has 2 aromatic carbocycles. The van der Waals surface area contributed by atoms with Crippen molar-refractivity contribution in [1.29, 1.82) is 0 Å². The van der Waals surface area contributed by atoms with Gasteiger partial charge in [0, 0.05) is 16.2 Å². The summed E-state index contributed by atoms with van der Waals surface area (Å²) in [5.74, 6) is 0.100. The minimum absolute atomic E-state index is 0.00687. The van der Waals surface area contributed by atoms with E-state index < -0.39 is 15.9 Å². The molecule has 1 aliphatic rings. The van der Waals surface area contributed by atoms with Gasteiger partial charge in [0.15, 0.2) is 5.11 Å². The number of nitrogens with one attached hydrogen (secondary N) is 3. The summed E-state index contributed by atoms with van der Waals surface area (Å²) in [5.41, 5.74) is 0.942. The lowest BCUT2D eigenvalue weighted by Gasteiger charge is -2.22. The maximum atomic E-state index is 12.9. The molecule has 1 aliphatic carbocycles. The van der Waals surface area contributed by atoms with Crippen LogP contribution in [0.1, 0.15) is 75.1 Å². The Balaban J connectivity index is 1.57. The fourth-order valence-electron chi connectivity index (χ4n) is 4.07. The van der Waals surface area contributed by atoms with Gasteiger partial charge < -0.3 is 10.1 Å². The zero-order chi connectivity index (χ0) is 26.0. The van der Waals surface area contributed by atoms with Crippen molar-refractivity contribution in [3.8, 4) is 5.75 Å². The first kappa shape index (κ1) is 28.6. The van der Waals surface area contributed by atoms with Crippen molar-refractivity contribution in [1.82, 2.24) is 10.0 Å². The summed E-state index contributed by atoms with van der Waals surface area (Å²) < 4.78 is 34.8. The second kappa shape index (κ2) is 14.1. The van der Waals surface area contributed by atoms with E-state index in [1.54, 1.807) is 24.3 Å². The van der Waals surface area contributed by atoms with Gasteiger partial charge in [0.05, 0.1) is 17.1 Å². The second-order valence-electron chi connectivity index (χ2n) is 8.94. The van der Waals surface area contributed by atoms with Gasteiger partial charge in [-0.25, -0.2) is 13.1 Å². The molecule has 0 bridgehead atoms. The van der Waals surface area contributed by atoms with Crippen LogP contribution in [0.5, 0.6) is 5.75 Å². The Bertz CT molecular complexity index is 1130. The predicted molar refractivity (Wildman–Crippen MR) is 151 cm³/mol. The van der Waals surface area contributed by atoms with E-state index in [1.165, 1.54) is 12.1 Å². The highest BCUT2D eigenvalue weighted by molar-refractivity contribution is 9.10. The van der Waals surface area contributed by atoms with Gasteiger partial charge in [0.1, 0.15) is 5.75 Å². The first-order valence-electron chi connectivity index (χ1n) is 12.5. The van der Waals surface area contributed by atoms with Crippen molar-refractivity contribution >= 4 is 54.9 Å². The molecule has 0 aliphatic heterocycles. The lowest BCUT2D eigenvalue weighted by Crippen LogP contribution is -2.36. The Hall–Kier alpha value is -2.01. The molecule has 0 spiro atoms. The number of benzene rings is 2. The molecule has 0 atom stereocenters. The van der Waals surface area contributed by atoms with Crippen molar-refractivity contribution in [3.05, 3.63) is 52.5 Å². The standard InChI is InChI=1S/C26H34BrN3O4S2/c1-2-3-4-8-17-34-24-16-11-19(27)18-23(24)25(31)29-26(35)28-20-12-14-22(15-13-20)36(32,33)30-21-9-6-5-7-10-21/h11-16,18,21,30H,2-10,17H2,1H3,(H2,28,29,31,35). The summed E-state index contributed by atoms with van der Waals surface area (Å²) in [5, 5.41) is 5.71. The van der Waals surface area contributed by atoms with Crippen LogP contribution in [-0.2, 0) is 10.0 Å². The molecule has 2 aromatic rings. The van der Waals surface area contributed by atoms with Crippen molar-refractivity contribution < 1.29 is 17.9 Å². The van der Waals surface area contributed by atoms with Crippen LogP contribution >= 0.6 is 28.1 Å². The zero-order valence-corrected chi connectivity index (χ0v) is 23.7. The first-order valence-corrected chi connectivity index (χ1v) is 15.1. The van der Waals surface area contributed by atoms with Crippen molar-refractivity contribution in [2.24, 2.45) is 0 Å². The second-order valence-corrected chi connectivity index (χ2v) is 12.0. The Morgan fingerprint density at radius 2 is 1.78 bits per heavy atom. The molecule has 1 saturated carbocycles. The minimum Gasteiger partial charge on any atom is -0.493 e. The summed E-state index contributed by atoms with van der Waals surface area (Å²) in [4.78, 5) is 13.1. The van der Waals surface area contributed by atoms with E-state index in [-0.39, 0.29) is 16.0 Å². The van der Waals surface area contributed by atoms with Crippen LogP contribution in [0.15, 0.2) is 51.8 Å². The molecule has 1 amide bonds. The number of hydrogen-bond donors (Lipinski definition) is 3. The molecule has 3 rings (SSSR count). The number of hydrogen-bond acceptors (Lipinski definition) is 5. The Morgan fingerprint density at radius 3 is 2.47 bits per heavy atom. The highest BCUT2D eigenvalue weighted by Crippen LogP contribution is 2.24. The van der Waals surface area contributed by atoms with Gasteiger partial charge in [-0.05, 0) is 73.9 Å². The van der Waals surface area contributed by atoms with E-state index in [1.807, 2.05) is 6.07 Å². The third-order valence-corrected chi connectivity index (χ3v) is 8.25. The van der Waals surface area contributed by atoms with Crippen LogP contribution in [0.2, 0.25) is 0 Å². The van der Waals surface area contributed by atoms with E-state index in [2.05, 4.69) is 38.2 Å². The third-order valence-electron chi connectivity index (χ3n) is 6.02. The number of ether oxygens (including phenoxy) is 1. The molecule has 0 heterocycles. The Morgan fingerprint density at radius 1 is 1.06 bits per heavy atom. The predicted octanol–water partition coefficient (Wildman–Crippen LogP) is 6.15. The van der Waals surface area contributed by atoms with Gasteiger partial charge in [0.2, 0.25) is 10.0 Å². The molecule has 0 aromatic heterocycles. The van der Waals surface area contributed by atoms with E-state index in [0.29, 0.717) is 23.6 Å². The molecule has 1 fully saturated rings. The third kappa shape index (κ3) is 8.83. The maximum Gasteiger partial charge on any atom is 0.261 e. The molecule has 0 saturated heterocycles. The molecule has 36 heavy (non-hydrogen) atoms. The largest absolute Gasteiger partial charge is 0.493 e. The maximum absolute atomic E-state index is 12.9. The van der Waals surface area contributed by atoms with E-state index in [9.17, 15) is 13.2 Å². The zero-order valence-electron chi connectivity index (χ0n) is 20.5. The summed E-state index contributed by atoms with van der Waals surface area (Å²) in [7, 11) is -3.58. The number of rotatable bonds is 11. The summed E-state index contributed by atoms with van der Waals surface area (Å²) in [6.45, 7) is 2.69. The number of sulfonamides is 1. The normalized spacial score (nSPS) is 14.3. The lowest BCUT2D eigenvalue weighted by molar-refractivity contribution is 0.0973. The van der Waals surface area contributed by atoms with Gasteiger partial charge in [-0.2, -0.15) is 0 Å². The van der Waals surface area contributed by atoms with Crippen molar-refractivity contribution in [2.45, 2.75) is 75.6 Å². The van der Waals surface area contributed by atoms with Crippen molar-refractivity contribution in [2.75, 3.05) is 11.9 Å². The number of thiocarbonyl (C=S) groups is 1. The molecule has 196 valence electrons. The number of carbonyl (C=O) groups excluding carboxylic acids is 1. The molecular weight excluding hydrogens is 562 g/mol. The number of anilines is 1. The van der Waals surface area contributed by atoms with E-state index in [0.717, 1.165) is 62.3 Å². The van der Waals surface area contributed by atoms with Gasteiger partial charge in [-0.15, -0.1) is 0 Å². The molecular formula is C26H34BrN3O4S2. The lowest BCUT2D eigenvalue weighted by atomic mass is 9.96. The Labute approximate surface area is 228 Å². The van der Waals surface area contributed by atoms with Crippen LogP contribution in [0, 0.1) is 0 Å². The minimum atomic E-state index is -3.58. The smallest absolute Gasteiger partial charge is 0.261 e. The first-order chi connectivity index (χ1) is 17.3. The van der Waals surface area contributed by atoms with E-state index >= 15 is 0 Å². The average Bonchev–Trinajstić information content (AvgIpc) is 2.85. The summed E-state index contributed by atoms with van der Waals surface area (Å²) >= 11 is 8.71. The summed E-state index contributed by atoms with van der Waals surface area (Å²) in [6, 6.07) is 11.6. The van der Waals surface area contributed by atoms with Gasteiger partial charge in [-0.1, -0.05) is 61.4 Å².